The van der Waals surface area contributed by atoms with Crippen LogP contribution in [0.3, 0.4) is 0 Å². The van der Waals surface area contributed by atoms with Gasteiger partial charge in [-0.25, -0.2) is 12.8 Å². The van der Waals surface area contributed by atoms with Crippen molar-refractivity contribution in [1.29, 1.82) is 0 Å². The topological polar surface area (TPSA) is 46.2 Å². The minimum absolute atomic E-state index is 0.0209. The van der Waals surface area contributed by atoms with Crippen molar-refractivity contribution >= 4 is 15.7 Å². The van der Waals surface area contributed by atoms with E-state index in [0.29, 0.717) is 0 Å². The lowest BCUT2D eigenvalue weighted by molar-refractivity contribution is 0.564. The van der Waals surface area contributed by atoms with Gasteiger partial charge >= 0.3 is 0 Å². The Morgan fingerprint density at radius 2 is 1.73 bits per heavy atom. The summed E-state index contributed by atoms with van der Waals surface area (Å²) in [6, 6.07) is 5.67. The van der Waals surface area contributed by atoms with Crippen molar-refractivity contribution in [1.82, 2.24) is 0 Å². The molecule has 0 atom stereocenters. The molecule has 0 saturated carbocycles. The molecule has 0 fully saturated rings. The Morgan fingerprint density at radius 3 is 2.20 bits per heavy atom. The molecule has 0 saturated heterocycles. The molecule has 1 aromatic carbocycles. The zero-order valence-electron chi connectivity index (χ0n) is 8.91. The number of nitrogens with one attached hydrogen (secondary N) is 1. The highest BCUT2D eigenvalue weighted by Crippen LogP contribution is 2.21. The summed E-state index contributed by atoms with van der Waals surface area (Å²) in [5.41, 5.74) is -0.0209. The summed E-state index contributed by atoms with van der Waals surface area (Å²) in [5, 5.41) is 0. The van der Waals surface area contributed by atoms with E-state index in [1.165, 1.54) is 18.2 Å². The van der Waals surface area contributed by atoms with E-state index in [-0.39, 0.29) is 5.69 Å². The first-order valence-corrected chi connectivity index (χ1v) is 5.99. The predicted molar refractivity (Wildman–Crippen MR) is 58.7 cm³/mol. The van der Waals surface area contributed by atoms with Gasteiger partial charge in [-0.2, -0.15) is 0 Å². The molecule has 1 rings (SSSR count). The summed E-state index contributed by atoms with van der Waals surface area (Å²) in [6.07, 6.45) is 0. The molecular weight excluding hydrogens is 217 g/mol. The maximum atomic E-state index is 13.2. The molecular formula is C10H14FNO2S. The molecule has 0 unspecified atom stereocenters. The molecule has 0 heterocycles. The Kier molecular flexibility index (Phi) is 3.04. The molecule has 0 radical (unpaired) electrons. The number of rotatable bonds is 2. The zero-order valence-corrected chi connectivity index (χ0v) is 9.73. The van der Waals surface area contributed by atoms with Gasteiger partial charge in [0.2, 0.25) is 10.0 Å². The molecule has 84 valence electrons. The lowest BCUT2D eigenvalue weighted by atomic mass is 10.3. The molecule has 0 aliphatic heterocycles. The molecule has 5 heteroatoms. The first-order valence-electron chi connectivity index (χ1n) is 4.51. The van der Waals surface area contributed by atoms with Crippen molar-refractivity contribution in [3.05, 3.63) is 30.1 Å². The third kappa shape index (κ3) is 2.68. The van der Waals surface area contributed by atoms with E-state index in [1.54, 1.807) is 26.8 Å². The van der Waals surface area contributed by atoms with Gasteiger partial charge in [0.05, 0.1) is 10.4 Å². The molecule has 0 aliphatic carbocycles. The highest BCUT2D eigenvalue weighted by atomic mass is 32.2. The average molecular weight is 231 g/mol. The standard InChI is InChI=1S/C10H14FNO2S/c1-10(2,3)15(13,14)12-9-7-5-4-6-8(9)11/h4-7,12H,1-3H3. The van der Waals surface area contributed by atoms with Gasteiger partial charge in [0.1, 0.15) is 5.82 Å². The van der Waals surface area contributed by atoms with Crippen LogP contribution in [0, 0.1) is 5.82 Å². The fourth-order valence-electron chi connectivity index (χ4n) is 0.842. The van der Waals surface area contributed by atoms with Gasteiger partial charge in [-0.05, 0) is 32.9 Å². The van der Waals surface area contributed by atoms with Crippen LogP contribution in [-0.4, -0.2) is 13.2 Å². The lowest BCUT2D eigenvalue weighted by Gasteiger charge is -2.20. The number of para-hydroxylation sites is 1. The van der Waals surface area contributed by atoms with E-state index >= 15 is 0 Å². The number of hydrogen-bond donors (Lipinski definition) is 1. The Labute approximate surface area is 89.4 Å². The first-order chi connectivity index (χ1) is 6.74. The fraction of sp³-hybridized carbons (Fsp3) is 0.400. The molecule has 1 N–H and O–H groups in total. The first kappa shape index (κ1) is 12.0. The Hall–Kier alpha value is -1.10. The quantitative estimate of drug-likeness (QED) is 0.849. The van der Waals surface area contributed by atoms with Crippen LogP contribution in [0.25, 0.3) is 0 Å². The van der Waals surface area contributed by atoms with Gasteiger partial charge in [0.15, 0.2) is 0 Å². The molecule has 15 heavy (non-hydrogen) atoms. The minimum atomic E-state index is -3.56. The van der Waals surface area contributed by atoms with Crippen molar-refractivity contribution in [3.8, 4) is 0 Å². The van der Waals surface area contributed by atoms with E-state index in [9.17, 15) is 12.8 Å². The van der Waals surface area contributed by atoms with Gasteiger partial charge < -0.3 is 0 Å². The van der Waals surface area contributed by atoms with Crippen molar-refractivity contribution in [2.45, 2.75) is 25.5 Å². The average Bonchev–Trinajstić information content (AvgIpc) is 2.06. The second kappa shape index (κ2) is 3.81. The van der Waals surface area contributed by atoms with Crippen LogP contribution in [0.2, 0.25) is 0 Å². The monoisotopic (exact) mass is 231 g/mol. The zero-order chi connectivity index (χ0) is 11.7. The number of benzene rings is 1. The number of anilines is 1. The predicted octanol–water partition coefficient (Wildman–Crippen LogP) is 2.37. The molecule has 0 amide bonds. The fourth-order valence-corrected chi connectivity index (χ4v) is 1.60. The molecule has 0 aliphatic rings. The van der Waals surface area contributed by atoms with E-state index in [4.69, 9.17) is 0 Å². The maximum absolute atomic E-state index is 13.2. The summed E-state index contributed by atoms with van der Waals surface area (Å²) >= 11 is 0. The van der Waals surface area contributed by atoms with Crippen LogP contribution >= 0.6 is 0 Å². The maximum Gasteiger partial charge on any atom is 0.237 e. The van der Waals surface area contributed by atoms with Crippen molar-refractivity contribution in [3.63, 3.8) is 0 Å². The van der Waals surface area contributed by atoms with Gasteiger partial charge in [0, 0.05) is 0 Å². The summed E-state index contributed by atoms with van der Waals surface area (Å²) in [5.74, 6) is -0.578. The van der Waals surface area contributed by atoms with Crippen LogP contribution in [0.15, 0.2) is 24.3 Å². The second-order valence-electron chi connectivity index (χ2n) is 4.20. The Balaban J connectivity index is 3.03. The van der Waals surface area contributed by atoms with Crippen LogP contribution in [0.1, 0.15) is 20.8 Å². The van der Waals surface area contributed by atoms with Crippen LogP contribution in [-0.2, 0) is 10.0 Å². The van der Waals surface area contributed by atoms with Crippen molar-refractivity contribution in [2.24, 2.45) is 0 Å². The molecule has 1 aromatic rings. The molecule has 3 nitrogen and oxygen atoms in total. The van der Waals surface area contributed by atoms with Gasteiger partial charge in [-0.15, -0.1) is 0 Å². The summed E-state index contributed by atoms with van der Waals surface area (Å²) in [4.78, 5) is 0. The summed E-state index contributed by atoms with van der Waals surface area (Å²) < 4.78 is 37.8. The van der Waals surface area contributed by atoms with Crippen LogP contribution < -0.4 is 4.72 Å². The third-order valence-electron chi connectivity index (χ3n) is 1.92. The number of sulfonamides is 1. The van der Waals surface area contributed by atoms with E-state index in [2.05, 4.69) is 4.72 Å². The normalized spacial score (nSPS) is 12.5. The van der Waals surface area contributed by atoms with Gasteiger partial charge in [0.25, 0.3) is 0 Å². The van der Waals surface area contributed by atoms with Gasteiger partial charge in [-0.1, -0.05) is 12.1 Å². The second-order valence-corrected chi connectivity index (χ2v) is 6.63. The smallest absolute Gasteiger partial charge is 0.237 e. The Bertz CT molecular complexity index is 449. The largest absolute Gasteiger partial charge is 0.280 e. The van der Waals surface area contributed by atoms with Crippen molar-refractivity contribution < 1.29 is 12.8 Å². The number of halogens is 1. The summed E-state index contributed by atoms with van der Waals surface area (Å²) in [6.45, 7) is 4.66. The lowest BCUT2D eigenvalue weighted by Crippen LogP contribution is -2.33. The molecule has 0 aromatic heterocycles. The highest BCUT2D eigenvalue weighted by Gasteiger charge is 2.29. The van der Waals surface area contributed by atoms with Crippen LogP contribution in [0.5, 0.6) is 0 Å². The molecule has 0 spiro atoms. The van der Waals surface area contributed by atoms with Crippen LogP contribution in [0.4, 0.5) is 10.1 Å². The SMILES string of the molecule is CC(C)(C)S(=O)(=O)Nc1ccccc1F. The van der Waals surface area contributed by atoms with E-state index in [1.807, 2.05) is 0 Å². The summed E-state index contributed by atoms with van der Waals surface area (Å²) in [7, 11) is -3.56. The highest BCUT2D eigenvalue weighted by molar-refractivity contribution is 7.94. The third-order valence-corrected chi connectivity index (χ3v) is 4.03. The van der Waals surface area contributed by atoms with Gasteiger partial charge in [-0.3, -0.25) is 4.72 Å². The van der Waals surface area contributed by atoms with E-state index in [0.717, 1.165) is 0 Å². The van der Waals surface area contributed by atoms with Crippen molar-refractivity contribution in [2.75, 3.05) is 4.72 Å². The number of hydrogen-bond acceptors (Lipinski definition) is 2. The minimum Gasteiger partial charge on any atom is -0.280 e. The van der Waals surface area contributed by atoms with E-state index < -0.39 is 20.6 Å². The molecule has 0 bridgehead atoms. The Morgan fingerprint density at radius 1 is 1.20 bits per heavy atom.